The molecule has 2 aromatic rings. The van der Waals surface area contributed by atoms with Gasteiger partial charge in [-0.3, -0.25) is 0 Å². The van der Waals surface area contributed by atoms with Crippen molar-refractivity contribution in [3.05, 3.63) is 47.0 Å². The summed E-state index contributed by atoms with van der Waals surface area (Å²) in [6, 6.07) is 5.59. The van der Waals surface area contributed by atoms with Gasteiger partial charge in [-0.25, -0.2) is 18.4 Å². The second-order valence-corrected chi connectivity index (χ2v) is 12.7. The van der Waals surface area contributed by atoms with Crippen molar-refractivity contribution in [1.82, 2.24) is 9.80 Å². The second kappa shape index (κ2) is 11.9. The average Bonchev–Trinajstić information content (AvgIpc) is 2.70. The number of ether oxygens (including phenoxy) is 2. The lowest BCUT2D eigenvalue weighted by atomic mass is 10.2. The number of benzene rings is 2. The van der Waals surface area contributed by atoms with Crippen LogP contribution in [0.5, 0.6) is 11.5 Å². The third-order valence-corrected chi connectivity index (χ3v) is 10.2. The summed E-state index contributed by atoms with van der Waals surface area (Å²) < 4.78 is 38.4. The molecule has 0 saturated carbocycles. The van der Waals surface area contributed by atoms with Crippen molar-refractivity contribution in [2.45, 2.75) is 23.6 Å². The summed E-state index contributed by atoms with van der Waals surface area (Å²) >= 11 is 0. The lowest BCUT2D eigenvalue weighted by molar-refractivity contribution is 0.169. The second-order valence-electron chi connectivity index (χ2n) is 6.92. The summed E-state index contributed by atoms with van der Waals surface area (Å²) in [6.45, 7) is 3.52. The smallest absolute Gasteiger partial charge is 0.407 e. The van der Waals surface area contributed by atoms with Crippen molar-refractivity contribution < 1.29 is 27.8 Å². The van der Waals surface area contributed by atoms with E-state index in [1.807, 2.05) is 0 Å². The minimum absolute atomic E-state index is 0.142. The Labute approximate surface area is 201 Å². The van der Waals surface area contributed by atoms with Gasteiger partial charge in [-0.1, -0.05) is 0 Å². The predicted octanol–water partition coefficient (Wildman–Crippen LogP) is 6.80. The van der Waals surface area contributed by atoms with Crippen LogP contribution in [0.3, 0.4) is 0 Å². The molecule has 174 valence electrons. The molecule has 0 aliphatic heterocycles. The third-order valence-electron chi connectivity index (χ3n) is 3.86. The Morgan fingerprint density at radius 2 is 1.06 bits per heavy atom. The van der Waals surface area contributed by atoms with Gasteiger partial charge < -0.3 is 19.3 Å². The Kier molecular flexibility index (Phi) is 9.86. The number of carbonyl (C=O) groups is 2. The van der Waals surface area contributed by atoms with Crippen molar-refractivity contribution in [1.29, 1.82) is 0 Å². The van der Waals surface area contributed by atoms with Crippen LogP contribution in [0, 0.1) is 25.5 Å². The maximum atomic E-state index is 14.1. The Morgan fingerprint density at radius 1 is 0.719 bits per heavy atom. The van der Waals surface area contributed by atoms with Crippen LogP contribution >= 0.6 is 41.2 Å². The first-order valence-corrected chi connectivity index (χ1v) is 13.9. The molecule has 0 unspecified atom stereocenters. The van der Waals surface area contributed by atoms with Gasteiger partial charge in [0.25, 0.3) is 0 Å². The Balaban J connectivity index is 2.03. The van der Waals surface area contributed by atoms with Gasteiger partial charge in [0, 0.05) is 38.0 Å². The molecule has 32 heavy (non-hydrogen) atoms. The quantitative estimate of drug-likeness (QED) is 0.292. The van der Waals surface area contributed by atoms with Gasteiger partial charge in [-0.2, -0.15) is 0 Å². The summed E-state index contributed by atoms with van der Waals surface area (Å²) in [7, 11) is 11.6. The van der Waals surface area contributed by atoms with Crippen molar-refractivity contribution >= 4 is 53.4 Å². The van der Waals surface area contributed by atoms with Crippen LogP contribution in [-0.2, 0) is 0 Å². The zero-order valence-corrected chi connectivity index (χ0v) is 21.5. The van der Waals surface area contributed by atoms with E-state index in [2.05, 4.69) is 0 Å². The minimum atomic E-state index is -0.668. The molecule has 0 atom stereocenters. The van der Waals surface area contributed by atoms with E-state index < -0.39 is 23.8 Å². The van der Waals surface area contributed by atoms with E-state index in [1.165, 1.54) is 103 Å². The monoisotopic (exact) mass is 520 g/mol. The van der Waals surface area contributed by atoms with Crippen molar-refractivity contribution in [2.24, 2.45) is 0 Å². The molecular weight excluding hydrogens is 498 g/mol. The highest BCUT2D eigenvalue weighted by molar-refractivity contribution is 9.26. The number of hydrogen-bond acceptors (Lipinski definition) is 8. The molecule has 0 bridgehead atoms. The maximum Gasteiger partial charge on any atom is 0.414 e. The van der Waals surface area contributed by atoms with E-state index in [0.29, 0.717) is 11.1 Å². The van der Waals surface area contributed by atoms with Crippen LogP contribution in [0.4, 0.5) is 18.4 Å². The van der Waals surface area contributed by atoms with Crippen LogP contribution in [-0.4, -0.2) is 50.2 Å². The molecule has 0 saturated heterocycles. The van der Waals surface area contributed by atoms with E-state index in [0.717, 1.165) is 9.79 Å². The van der Waals surface area contributed by atoms with Gasteiger partial charge in [0.2, 0.25) is 0 Å². The van der Waals surface area contributed by atoms with Crippen LogP contribution in [0.15, 0.2) is 34.1 Å². The van der Waals surface area contributed by atoms with Gasteiger partial charge in [-0.05, 0) is 90.5 Å². The predicted molar refractivity (Wildman–Crippen MR) is 129 cm³/mol. The van der Waals surface area contributed by atoms with E-state index >= 15 is 0 Å². The Bertz CT molecular complexity index is 927. The van der Waals surface area contributed by atoms with Gasteiger partial charge in [0.1, 0.15) is 0 Å². The highest BCUT2D eigenvalue weighted by atomic mass is 33.7. The number of amides is 2. The summed E-state index contributed by atoms with van der Waals surface area (Å²) in [4.78, 5) is 27.3. The van der Waals surface area contributed by atoms with Crippen LogP contribution < -0.4 is 9.47 Å². The largest absolute Gasteiger partial charge is 0.414 e. The average molecular weight is 521 g/mol. The number of halogens is 2. The number of hydrogen-bond donors (Lipinski definition) is 0. The molecule has 0 N–H and O–H groups in total. The fraction of sp³-hybridized carbons (Fsp3) is 0.300. The van der Waals surface area contributed by atoms with E-state index in [4.69, 9.17) is 9.47 Å². The number of nitrogens with zero attached hydrogens (tertiary/aromatic N) is 2. The fourth-order valence-corrected chi connectivity index (χ4v) is 7.97. The molecule has 0 aliphatic carbocycles. The first-order chi connectivity index (χ1) is 15.0. The number of carbonyl (C=O) groups excluding carboxylic acids is 2. The normalized spacial score (nSPS) is 10.6. The summed E-state index contributed by atoms with van der Waals surface area (Å²) in [5, 5.41) is 0. The lowest BCUT2D eigenvalue weighted by Crippen LogP contribution is -2.25. The van der Waals surface area contributed by atoms with Gasteiger partial charge >= 0.3 is 12.2 Å². The van der Waals surface area contributed by atoms with Crippen LogP contribution in [0.2, 0.25) is 0 Å². The van der Waals surface area contributed by atoms with E-state index in [9.17, 15) is 18.4 Å². The molecular formula is C20H22F2N2O4S4. The zero-order valence-electron chi connectivity index (χ0n) is 18.2. The molecule has 0 heterocycles. The SMILES string of the molecule is Cc1cc(F)c(OC(=O)N(C)C)cc1SSSSc1cc(OC(=O)N(C)C)c(F)cc1C. The van der Waals surface area contributed by atoms with Crippen LogP contribution in [0.1, 0.15) is 11.1 Å². The molecule has 2 rings (SSSR count). The third kappa shape index (κ3) is 7.39. The Hall–Kier alpha value is -1.76. The summed E-state index contributed by atoms with van der Waals surface area (Å²) in [5.74, 6) is -1.51. The summed E-state index contributed by atoms with van der Waals surface area (Å²) in [6.07, 6.45) is -1.34. The molecule has 6 nitrogen and oxygen atoms in total. The first-order valence-electron chi connectivity index (χ1n) is 9.06. The fourth-order valence-electron chi connectivity index (χ4n) is 2.08. The molecule has 2 amide bonds. The van der Waals surface area contributed by atoms with Gasteiger partial charge in [-0.15, -0.1) is 0 Å². The van der Waals surface area contributed by atoms with Gasteiger partial charge in [0.15, 0.2) is 23.1 Å². The van der Waals surface area contributed by atoms with Crippen LogP contribution in [0.25, 0.3) is 0 Å². The first kappa shape index (κ1) is 26.5. The minimum Gasteiger partial charge on any atom is -0.407 e. The van der Waals surface area contributed by atoms with Crippen molar-refractivity contribution in [2.75, 3.05) is 28.2 Å². The van der Waals surface area contributed by atoms with Gasteiger partial charge in [0.05, 0.1) is 0 Å². The number of aryl methyl sites for hydroxylation is 2. The molecule has 0 spiro atoms. The maximum absolute atomic E-state index is 14.1. The number of rotatable bonds is 7. The molecule has 0 aliphatic rings. The lowest BCUT2D eigenvalue weighted by Gasteiger charge is -2.14. The molecule has 2 aromatic carbocycles. The van der Waals surface area contributed by atoms with E-state index in [1.54, 1.807) is 13.8 Å². The zero-order chi connectivity index (χ0) is 24.0. The summed E-state index contributed by atoms with van der Waals surface area (Å²) in [5.41, 5.74) is 1.40. The Morgan fingerprint density at radius 3 is 1.38 bits per heavy atom. The topological polar surface area (TPSA) is 59.1 Å². The van der Waals surface area contributed by atoms with Crippen molar-refractivity contribution in [3.8, 4) is 11.5 Å². The van der Waals surface area contributed by atoms with E-state index in [-0.39, 0.29) is 11.5 Å². The molecule has 0 fully saturated rings. The molecule has 0 aromatic heterocycles. The molecule has 0 radical (unpaired) electrons. The molecule has 12 heteroatoms. The highest BCUT2D eigenvalue weighted by Gasteiger charge is 2.16. The highest BCUT2D eigenvalue weighted by Crippen LogP contribution is 2.51. The standard InChI is InChI=1S/C20H22F2N2O4S4/c1-11-7-13(21)15(27-19(25)23(3)4)9-17(11)29-31-32-30-18-10-16(14(22)8-12(18)2)28-20(26)24(5)6/h7-10H,1-6H3. The van der Waals surface area contributed by atoms with Crippen molar-refractivity contribution in [3.63, 3.8) is 0 Å².